The molecular formula is C15H22N2O3. The number of urea groups is 1. The van der Waals surface area contributed by atoms with Crippen molar-refractivity contribution in [1.82, 2.24) is 5.32 Å². The van der Waals surface area contributed by atoms with Crippen LogP contribution in [0.5, 0.6) is 0 Å². The molecule has 0 saturated carbocycles. The topological polar surface area (TPSA) is 67.4 Å². The minimum Gasteiger partial charge on any atom is -0.380 e. The van der Waals surface area contributed by atoms with Gasteiger partial charge in [0, 0.05) is 24.4 Å². The van der Waals surface area contributed by atoms with E-state index in [1.54, 1.807) is 24.3 Å². The zero-order valence-corrected chi connectivity index (χ0v) is 12.1. The molecule has 0 saturated heterocycles. The molecule has 20 heavy (non-hydrogen) atoms. The molecule has 0 aliphatic rings. The molecule has 0 aliphatic carbocycles. The highest BCUT2D eigenvalue weighted by molar-refractivity contribution is 5.96. The summed E-state index contributed by atoms with van der Waals surface area (Å²) in [5.74, 6) is -0.0293. The molecule has 110 valence electrons. The van der Waals surface area contributed by atoms with Crippen LogP contribution in [0, 0.1) is 0 Å². The van der Waals surface area contributed by atoms with Gasteiger partial charge in [-0.05, 0) is 25.5 Å². The number of hydrogen-bond donors (Lipinski definition) is 2. The number of nitrogens with one attached hydrogen (secondary N) is 2. The van der Waals surface area contributed by atoms with Crippen molar-refractivity contribution in [2.45, 2.75) is 26.7 Å². The monoisotopic (exact) mass is 278 g/mol. The maximum Gasteiger partial charge on any atom is 0.319 e. The minimum absolute atomic E-state index is 0.0293. The summed E-state index contributed by atoms with van der Waals surface area (Å²) in [5, 5.41) is 5.38. The summed E-state index contributed by atoms with van der Waals surface area (Å²) in [4.78, 5) is 22.9. The summed E-state index contributed by atoms with van der Waals surface area (Å²) in [6.07, 6.45) is 2.13. The van der Waals surface area contributed by atoms with Gasteiger partial charge in [0.05, 0.1) is 6.61 Å². The second-order valence-electron chi connectivity index (χ2n) is 4.48. The summed E-state index contributed by atoms with van der Waals surface area (Å²) in [7, 11) is 0. The smallest absolute Gasteiger partial charge is 0.319 e. The molecule has 5 nitrogen and oxygen atoms in total. The van der Waals surface area contributed by atoms with Crippen LogP contribution in [-0.4, -0.2) is 31.6 Å². The third kappa shape index (κ3) is 6.33. The van der Waals surface area contributed by atoms with Crippen LogP contribution in [0.1, 0.15) is 37.0 Å². The molecule has 0 bridgehead atoms. The number of ketones is 1. The van der Waals surface area contributed by atoms with Crippen LogP contribution >= 0.6 is 0 Å². The number of carbonyl (C=O) groups excluding carboxylic acids is 2. The third-order valence-corrected chi connectivity index (χ3v) is 2.70. The van der Waals surface area contributed by atoms with Crippen molar-refractivity contribution in [3.05, 3.63) is 29.8 Å². The van der Waals surface area contributed by atoms with Crippen LogP contribution in [0.4, 0.5) is 10.5 Å². The lowest BCUT2D eigenvalue weighted by Gasteiger charge is -2.08. The van der Waals surface area contributed by atoms with E-state index in [1.165, 1.54) is 6.92 Å². The Morgan fingerprint density at radius 3 is 2.75 bits per heavy atom. The number of benzene rings is 1. The molecular weight excluding hydrogens is 256 g/mol. The van der Waals surface area contributed by atoms with E-state index in [1.807, 2.05) is 0 Å². The Balaban J connectivity index is 2.28. The molecule has 2 N–H and O–H groups in total. The van der Waals surface area contributed by atoms with Crippen molar-refractivity contribution in [3.63, 3.8) is 0 Å². The first-order chi connectivity index (χ1) is 9.63. The van der Waals surface area contributed by atoms with Crippen LogP contribution in [0.2, 0.25) is 0 Å². The summed E-state index contributed by atoms with van der Waals surface area (Å²) >= 11 is 0. The molecule has 0 atom stereocenters. The average molecular weight is 278 g/mol. The normalized spacial score (nSPS) is 10.1. The van der Waals surface area contributed by atoms with Crippen molar-refractivity contribution >= 4 is 17.5 Å². The van der Waals surface area contributed by atoms with E-state index >= 15 is 0 Å². The number of amides is 2. The number of rotatable bonds is 8. The first-order valence-electron chi connectivity index (χ1n) is 6.87. The fourth-order valence-electron chi connectivity index (χ4n) is 1.58. The van der Waals surface area contributed by atoms with E-state index in [0.717, 1.165) is 19.4 Å². The molecule has 1 rings (SSSR count). The zero-order chi connectivity index (χ0) is 14.8. The van der Waals surface area contributed by atoms with Gasteiger partial charge in [-0.15, -0.1) is 0 Å². The maximum atomic E-state index is 11.6. The number of anilines is 1. The number of ether oxygens (including phenoxy) is 1. The highest BCUT2D eigenvalue weighted by Crippen LogP contribution is 2.10. The van der Waals surface area contributed by atoms with Gasteiger partial charge in [0.15, 0.2) is 5.78 Å². The van der Waals surface area contributed by atoms with Gasteiger partial charge in [0.2, 0.25) is 0 Å². The lowest BCUT2D eigenvalue weighted by Crippen LogP contribution is -2.31. The van der Waals surface area contributed by atoms with Crippen molar-refractivity contribution in [3.8, 4) is 0 Å². The van der Waals surface area contributed by atoms with Crippen LogP contribution in [0.3, 0.4) is 0 Å². The molecule has 1 aromatic carbocycles. The van der Waals surface area contributed by atoms with Crippen LogP contribution in [0.15, 0.2) is 24.3 Å². The fraction of sp³-hybridized carbons (Fsp3) is 0.467. The Hall–Kier alpha value is -1.88. The molecule has 0 unspecified atom stereocenters. The summed E-state index contributed by atoms with van der Waals surface area (Å²) < 4.78 is 5.34. The molecule has 0 aromatic heterocycles. The SMILES string of the molecule is CCCCOCCNC(=O)Nc1cccc(C(C)=O)c1. The van der Waals surface area contributed by atoms with Gasteiger partial charge in [0.25, 0.3) is 0 Å². The Morgan fingerprint density at radius 2 is 2.05 bits per heavy atom. The van der Waals surface area contributed by atoms with Gasteiger partial charge in [-0.1, -0.05) is 25.5 Å². The van der Waals surface area contributed by atoms with Crippen molar-refractivity contribution in [2.24, 2.45) is 0 Å². The van der Waals surface area contributed by atoms with Gasteiger partial charge in [-0.2, -0.15) is 0 Å². The Bertz CT molecular complexity index is 446. The first-order valence-corrected chi connectivity index (χ1v) is 6.87. The number of Topliss-reactive ketones (excluding diaryl/α,β-unsaturated/α-hetero) is 1. The van der Waals surface area contributed by atoms with Crippen LogP contribution in [0.25, 0.3) is 0 Å². The molecule has 5 heteroatoms. The zero-order valence-electron chi connectivity index (χ0n) is 12.1. The molecule has 2 amide bonds. The van der Waals surface area contributed by atoms with Gasteiger partial charge in [-0.25, -0.2) is 4.79 Å². The van der Waals surface area contributed by atoms with Gasteiger partial charge in [-0.3, -0.25) is 4.79 Å². The summed E-state index contributed by atoms with van der Waals surface area (Å²) in [6.45, 7) is 5.28. The second kappa shape index (κ2) is 9.09. The highest BCUT2D eigenvalue weighted by Gasteiger charge is 2.03. The Morgan fingerprint density at radius 1 is 1.25 bits per heavy atom. The molecule has 0 radical (unpaired) electrons. The van der Waals surface area contributed by atoms with E-state index in [9.17, 15) is 9.59 Å². The second-order valence-corrected chi connectivity index (χ2v) is 4.48. The van der Waals surface area contributed by atoms with E-state index in [0.29, 0.717) is 24.4 Å². The maximum absolute atomic E-state index is 11.6. The predicted molar refractivity (Wildman–Crippen MR) is 79.2 cm³/mol. The number of unbranched alkanes of at least 4 members (excludes halogenated alkanes) is 1. The van der Waals surface area contributed by atoms with Crippen LogP contribution < -0.4 is 10.6 Å². The predicted octanol–water partition coefficient (Wildman–Crippen LogP) is 2.83. The van der Waals surface area contributed by atoms with Gasteiger partial charge in [0.1, 0.15) is 0 Å². The number of hydrogen-bond acceptors (Lipinski definition) is 3. The van der Waals surface area contributed by atoms with Crippen molar-refractivity contribution in [2.75, 3.05) is 25.1 Å². The molecule has 0 fully saturated rings. The lowest BCUT2D eigenvalue weighted by atomic mass is 10.1. The largest absolute Gasteiger partial charge is 0.380 e. The molecule has 0 heterocycles. The van der Waals surface area contributed by atoms with Crippen LogP contribution in [-0.2, 0) is 4.74 Å². The molecule has 1 aromatic rings. The van der Waals surface area contributed by atoms with Gasteiger partial charge >= 0.3 is 6.03 Å². The van der Waals surface area contributed by atoms with Crippen molar-refractivity contribution in [1.29, 1.82) is 0 Å². The number of carbonyl (C=O) groups is 2. The summed E-state index contributed by atoms with van der Waals surface area (Å²) in [6, 6.07) is 6.54. The van der Waals surface area contributed by atoms with Crippen molar-refractivity contribution < 1.29 is 14.3 Å². The minimum atomic E-state index is -0.301. The van der Waals surface area contributed by atoms with E-state index in [4.69, 9.17) is 4.74 Å². The van der Waals surface area contributed by atoms with E-state index < -0.39 is 0 Å². The standard InChI is InChI=1S/C15H22N2O3/c1-3-4-9-20-10-8-16-15(19)17-14-7-5-6-13(11-14)12(2)18/h5-7,11H,3-4,8-10H2,1-2H3,(H2,16,17,19). The summed E-state index contributed by atoms with van der Waals surface area (Å²) in [5.41, 5.74) is 1.17. The Labute approximate surface area is 119 Å². The first kappa shape index (κ1) is 16.2. The highest BCUT2D eigenvalue weighted by atomic mass is 16.5. The molecule has 0 spiro atoms. The lowest BCUT2D eigenvalue weighted by molar-refractivity contribution is 0.101. The van der Waals surface area contributed by atoms with Gasteiger partial charge < -0.3 is 15.4 Å². The van der Waals surface area contributed by atoms with E-state index in [2.05, 4.69) is 17.6 Å². The third-order valence-electron chi connectivity index (χ3n) is 2.70. The van der Waals surface area contributed by atoms with E-state index in [-0.39, 0.29) is 11.8 Å². The average Bonchev–Trinajstić information content (AvgIpc) is 2.43. The Kier molecular flexibility index (Phi) is 7.35. The quantitative estimate of drug-likeness (QED) is 0.567. The fourth-order valence-corrected chi connectivity index (χ4v) is 1.58. The molecule has 0 aliphatic heterocycles.